The molecular weight excluding hydrogens is 180 g/mol. The topological polar surface area (TPSA) is 58.2 Å². The van der Waals surface area contributed by atoms with E-state index in [1.165, 1.54) is 0 Å². The number of amides is 2. The molecule has 4 nitrogen and oxygen atoms in total. The second kappa shape index (κ2) is 3.14. The third-order valence-electron chi connectivity index (χ3n) is 2.39. The third kappa shape index (κ3) is 1.16. The average molecular weight is 190 g/mol. The van der Waals surface area contributed by atoms with Gasteiger partial charge in [-0.25, -0.2) is 0 Å². The van der Waals surface area contributed by atoms with Gasteiger partial charge < -0.3 is 10.6 Å². The average Bonchev–Trinajstić information content (AvgIpc) is 2.53. The molecule has 0 atom stereocenters. The highest BCUT2D eigenvalue weighted by molar-refractivity contribution is 6.01. The second-order valence-corrected chi connectivity index (χ2v) is 3.23. The minimum atomic E-state index is -0.0750. The Kier molecular flexibility index (Phi) is 1.96. The number of hydrogen-bond acceptors (Lipinski definition) is 2. The molecule has 0 aliphatic carbocycles. The third-order valence-corrected chi connectivity index (χ3v) is 2.39. The quantitative estimate of drug-likeness (QED) is 0.678. The number of hydrogen-bond donors (Lipinski definition) is 2. The first-order valence-corrected chi connectivity index (χ1v) is 4.35. The van der Waals surface area contributed by atoms with Crippen LogP contribution in [-0.2, 0) is 11.3 Å². The smallest absolute Gasteiger partial charge is 0.251 e. The SMILES string of the molecule is Cc1ccc2c(c1NC=O)CNC2=O. The van der Waals surface area contributed by atoms with Crippen molar-refractivity contribution in [1.82, 2.24) is 5.32 Å². The van der Waals surface area contributed by atoms with Gasteiger partial charge in [0.25, 0.3) is 5.91 Å². The normalized spacial score (nSPS) is 13.4. The zero-order chi connectivity index (χ0) is 10.1. The van der Waals surface area contributed by atoms with Crippen molar-refractivity contribution in [2.24, 2.45) is 0 Å². The van der Waals surface area contributed by atoms with Gasteiger partial charge in [0, 0.05) is 23.4 Å². The van der Waals surface area contributed by atoms with E-state index in [9.17, 15) is 9.59 Å². The Hall–Kier alpha value is -1.84. The number of aryl methyl sites for hydroxylation is 1. The van der Waals surface area contributed by atoms with Crippen LogP contribution in [0.4, 0.5) is 5.69 Å². The van der Waals surface area contributed by atoms with Gasteiger partial charge in [0.1, 0.15) is 0 Å². The molecule has 1 aromatic rings. The van der Waals surface area contributed by atoms with E-state index in [4.69, 9.17) is 0 Å². The molecule has 2 rings (SSSR count). The van der Waals surface area contributed by atoms with Gasteiger partial charge in [-0.15, -0.1) is 0 Å². The largest absolute Gasteiger partial charge is 0.348 e. The lowest BCUT2D eigenvalue weighted by molar-refractivity contribution is -0.105. The summed E-state index contributed by atoms with van der Waals surface area (Å²) in [5.74, 6) is -0.0750. The molecule has 2 amide bonds. The molecule has 4 heteroatoms. The number of anilines is 1. The zero-order valence-corrected chi connectivity index (χ0v) is 7.76. The number of rotatable bonds is 2. The number of carbonyl (C=O) groups is 2. The van der Waals surface area contributed by atoms with Crippen molar-refractivity contribution in [3.8, 4) is 0 Å². The van der Waals surface area contributed by atoms with E-state index < -0.39 is 0 Å². The van der Waals surface area contributed by atoms with Crippen LogP contribution in [0, 0.1) is 6.92 Å². The summed E-state index contributed by atoms with van der Waals surface area (Å²) < 4.78 is 0. The maximum atomic E-state index is 11.3. The van der Waals surface area contributed by atoms with Crippen molar-refractivity contribution in [1.29, 1.82) is 0 Å². The standard InChI is InChI=1S/C10H10N2O2/c1-6-2-3-7-8(4-11-10(7)14)9(6)12-5-13/h2-3,5H,4H2,1H3,(H,11,14)(H,12,13). The summed E-state index contributed by atoms with van der Waals surface area (Å²) in [7, 11) is 0. The summed E-state index contributed by atoms with van der Waals surface area (Å²) >= 11 is 0. The van der Waals surface area contributed by atoms with E-state index in [1.807, 2.05) is 13.0 Å². The van der Waals surface area contributed by atoms with Crippen molar-refractivity contribution >= 4 is 18.0 Å². The fourth-order valence-electron chi connectivity index (χ4n) is 1.69. The molecule has 2 N–H and O–H groups in total. The summed E-state index contributed by atoms with van der Waals surface area (Å²) in [5.41, 5.74) is 3.24. The molecule has 14 heavy (non-hydrogen) atoms. The first kappa shape index (κ1) is 8.74. The fraction of sp³-hybridized carbons (Fsp3) is 0.200. The molecule has 0 aromatic heterocycles. The van der Waals surface area contributed by atoms with E-state index in [0.717, 1.165) is 16.8 Å². The first-order chi connectivity index (χ1) is 6.74. The summed E-state index contributed by atoms with van der Waals surface area (Å²) in [6.45, 7) is 2.39. The molecule has 0 fully saturated rings. The fourth-order valence-corrected chi connectivity index (χ4v) is 1.69. The Bertz CT molecular complexity index is 413. The van der Waals surface area contributed by atoms with Gasteiger partial charge >= 0.3 is 0 Å². The second-order valence-electron chi connectivity index (χ2n) is 3.23. The molecular formula is C10H10N2O2. The molecule has 0 saturated carbocycles. The van der Waals surface area contributed by atoms with Gasteiger partial charge in [0.2, 0.25) is 6.41 Å². The monoisotopic (exact) mass is 190 g/mol. The molecule has 0 unspecified atom stereocenters. The van der Waals surface area contributed by atoms with Gasteiger partial charge in [-0.05, 0) is 18.6 Å². The molecule has 0 bridgehead atoms. The van der Waals surface area contributed by atoms with E-state index in [0.29, 0.717) is 18.5 Å². The maximum absolute atomic E-state index is 11.3. The van der Waals surface area contributed by atoms with E-state index in [1.54, 1.807) is 6.07 Å². The van der Waals surface area contributed by atoms with Crippen LogP contribution >= 0.6 is 0 Å². The molecule has 1 heterocycles. The van der Waals surface area contributed by atoms with Crippen LogP contribution in [0.15, 0.2) is 12.1 Å². The molecule has 1 aliphatic heterocycles. The lowest BCUT2D eigenvalue weighted by atomic mass is 10.0. The molecule has 1 aliphatic rings. The molecule has 0 saturated heterocycles. The van der Waals surface area contributed by atoms with E-state index in [-0.39, 0.29) is 5.91 Å². The molecule has 72 valence electrons. The highest BCUT2D eigenvalue weighted by atomic mass is 16.2. The van der Waals surface area contributed by atoms with Crippen molar-refractivity contribution in [2.75, 3.05) is 5.32 Å². The predicted octanol–water partition coefficient (Wildman–Crippen LogP) is 0.807. The first-order valence-electron chi connectivity index (χ1n) is 4.35. The zero-order valence-electron chi connectivity index (χ0n) is 7.76. The van der Waals surface area contributed by atoms with Crippen LogP contribution in [0.3, 0.4) is 0 Å². The Morgan fingerprint density at radius 3 is 3.00 bits per heavy atom. The minimum absolute atomic E-state index is 0.0750. The van der Waals surface area contributed by atoms with Crippen molar-refractivity contribution in [2.45, 2.75) is 13.5 Å². The Morgan fingerprint density at radius 2 is 2.29 bits per heavy atom. The molecule has 0 spiro atoms. The lowest BCUT2D eigenvalue weighted by Gasteiger charge is -2.08. The van der Waals surface area contributed by atoms with Crippen molar-refractivity contribution in [3.05, 3.63) is 28.8 Å². The lowest BCUT2D eigenvalue weighted by Crippen LogP contribution is -2.12. The Morgan fingerprint density at radius 1 is 1.50 bits per heavy atom. The van der Waals surface area contributed by atoms with Gasteiger partial charge in [-0.3, -0.25) is 9.59 Å². The summed E-state index contributed by atoms with van der Waals surface area (Å²) in [4.78, 5) is 21.7. The van der Waals surface area contributed by atoms with Gasteiger partial charge in [-0.1, -0.05) is 6.07 Å². The number of nitrogens with one attached hydrogen (secondary N) is 2. The summed E-state index contributed by atoms with van der Waals surface area (Å²) in [6, 6.07) is 3.61. The van der Waals surface area contributed by atoms with Gasteiger partial charge in [0.05, 0.1) is 0 Å². The predicted molar refractivity (Wildman–Crippen MR) is 52.0 cm³/mol. The molecule has 1 aromatic carbocycles. The van der Waals surface area contributed by atoms with Crippen LogP contribution in [0.1, 0.15) is 21.5 Å². The van der Waals surface area contributed by atoms with E-state index in [2.05, 4.69) is 10.6 Å². The van der Waals surface area contributed by atoms with Crippen molar-refractivity contribution < 1.29 is 9.59 Å². The van der Waals surface area contributed by atoms with Crippen LogP contribution < -0.4 is 10.6 Å². The Balaban J connectivity index is 2.58. The highest BCUT2D eigenvalue weighted by Crippen LogP contribution is 2.27. The minimum Gasteiger partial charge on any atom is -0.348 e. The van der Waals surface area contributed by atoms with Gasteiger partial charge in [0.15, 0.2) is 0 Å². The summed E-state index contributed by atoms with van der Waals surface area (Å²) in [6.07, 6.45) is 0.630. The summed E-state index contributed by atoms with van der Waals surface area (Å²) in [5, 5.41) is 5.34. The number of fused-ring (bicyclic) bond motifs is 1. The number of benzene rings is 1. The number of carbonyl (C=O) groups excluding carboxylic acids is 2. The maximum Gasteiger partial charge on any atom is 0.251 e. The van der Waals surface area contributed by atoms with Crippen LogP contribution in [0.25, 0.3) is 0 Å². The van der Waals surface area contributed by atoms with Crippen LogP contribution in [0.5, 0.6) is 0 Å². The van der Waals surface area contributed by atoms with Crippen molar-refractivity contribution in [3.63, 3.8) is 0 Å². The van der Waals surface area contributed by atoms with Crippen LogP contribution in [0.2, 0.25) is 0 Å². The molecule has 0 radical (unpaired) electrons. The van der Waals surface area contributed by atoms with Crippen LogP contribution in [-0.4, -0.2) is 12.3 Å². The Labute approximate surface area is 81.3 Å². The van der Waals surface area contributed by atoms with Gasteiger partial charge in [-0.2, -0.15) is 0 Å². The van der Waals surface area contributed by atoms with E-state index >= 15 is 0 Å². The highest BCUT2D eigenvalue weighted by Gasteiger charge is 2.22.